The summed E-state index contributed by atoms with van der Waals surface area (Å²) in [5, 5.41) is 8.52. The zero-order valence-electron chi connectivity index (χ0n) is 15.4. The number of hydrogen-bond donors (Lipinski definition) is 0. The Labute approximate surface area is 140 Å². The zero-order valence-corrected chi connectivity index (χ0v) is 15.4. The molecule has 23 heavy (non-hydrogen) atoms. The third-order valence-corrected chi connectivity index (χ3v) is 4.92. The lowest BCUT2D eigenvalue weighted by Crippen LogP contribution is -2.46. The Morgan fingerprint density at radius 1 is 1.43 bits per heavy atom. The lowest BCUT2D eigenvalue weighted by atomic mass is 9.87. The second kappa shape index (κ2) is 7.45. The van der Waals surface area contributed by atoms with Crippen LogP contribution < -0.4 is 0 Å². The molecular weight excluding hydrogens is 288 g/mol. The molecule has 0 aromatic carbocycles. The number of piperidine rings is 1. The van der Waals surface area contributed by atoms with Crippen LogP contribution >= 0.6 is 0 Å². The number of rotatable bonds is 6. The summed E-state index contributed by atoms with van der Waals surface area (Å²) in [6, 6.07) is 0. The first-order valence-corrected chi connectivity index (χ1v) is 9.00. The van der Waals surface area contributed by atoms with Crippen LogP contribution in [0.4, 0.5) is 0 Å². The monoisotopic (exact) mass is 320 g/mol. The molecule has 1 saturated heterocycles. The molecule has 0 unspecified atom stereocenters. The van der Waals surface area contributed by atoms with E-state index in [-0.39, 0.29) is 5.41 Å². The minimum atomic E-state index is -0.250. The summed E-state index contributed by atoms with van der Waals surface area (Å²) in [6.45, 7) is 13.2. The van der Waals surface area contributed by atoms with Crippen LogP contribution in [0.15, 0.2) is 6.20 Å². The largest absolute Gasteiger partial charge is 0.342 e. The molecule has 1 atom stereocenters. The summed E-state index contributed by atoms with van der Waals surface area (Å²) in [4.78, 5) is 14.7. The van der Waals surface area contributed by atoms with E-state index in [4.69, 9.17) is 0 Å². The molecule has 1 fully saturated rings. The van der Waals surface area contributed by atoms with Gasteiger partial charge in [0.05, 0.1) is 5.69 Å². The fourth-order valence-electron chi connectivity index (χ4n) is 3.18. The highest BCUT2D eigenvalue weighted by molar-refractivity contribution is 5.82. The molecule has 1 aromatic heterocycles. The highest BCUT2D eigenvalue weighted by atomic mass is 16.2. The molecule has 1 aliphatic rings. The highest BCUT2D eigenvalue weighted by Crippen LogP contribution is 2.27. The summed E-state index contributed by atoms with van der Waals surface area (Å²) in [5.41, 5.74) is 0.815. The van der Waals surface area contributed by atoms with Gasteiger partial charge in [0.15, 0.2) is 0 Å². The van der Waals surface area contributed by atoms with Gasteiger partial charge in [-0.2, -0.15) is 0 Å². The normalized spacial score (nSPS) is 19.4. The minimum absolute atomic E-state index is 0.250. The molecule has 5 nitrogen and oxygen atoms in total. The van der Waals surface area contributed by atoms with E-state index in [1.54, 1.807) is 0 Å². The van der Waals surface area contributed by atoms with Crippen molar-refractivity contribution in [2.24, 2.45) is 17.3 Å². The minimum Gasteiger partial charge on any atom is -0.342 e. The molecule has 0 radical (unpaired) electrons. The van der Waals surface area contributed by atoms with Crippen molar-refractivity contribution in [3.8, 4) is 0 Å². The average Bonchev–Trinajstić information content (AvgIpc) is 2.93. The smallest absolute Gasteiger partial charge is 0.228 e. The molecular formula is C18H32N4O. The van der Waals surface area contributed by atoms with E-state index < -0.39 is 0 Å². The predicted octanol–water partition coefficient (Wildman–Crippen LogP) is 3.15. The van der Waals surface area contributed by atoms with Gasteiger partial charge in [-0.15, -0.1) is 5.10 Å². The van der Waals surface area contributed by atoms with Crippen molar-refractivity contribution in [2.45, 2.75) is 66.8 Å². The van der Waals surface area contributed by atoms with Crippen LogP contribution in [0, 0.1) is 17.3 Å². The van der Waals surface area contributed by atoms with Crippen LogP contribution in [0.25, 0.3) is 0 Å². The topological polar surface area (TPSA) is 51.0 Å². The Balaban J connectivity index is 1.94. The van der Waals surface area contributed by atoms with Crippen molar-refractivity contribution in [3.63, 3.8) is 0 Å². The van der Waals surface area contributed by atoms with Gasteiger partial charge in [0, 0.05) is 31.2 Å². The number of likely N-dealkylation sites (tertiary alicyclic amines) is 1. The van der Waals surface area contributed by atoms with Gasteiger partial charge in [-0.05, 0) is 37.5 Å². The predicted molar refractivity (Wildman–Crippen MR) is 91.9 cm³/mol. The van der Waals surface area contributed by atoms with Crippen LogP contribution in [0.2, 0.25) is 0 Å². The van der Waals surface area contributed by atoms with Crippen molar-refractivity contribution in [1.82, 2.24) is 19.9 Å². The van der Waals surface area contributed by atoms with Crippen molar-refractivity contribution in [1.29, 1.82) is 0 Å². The van der Waals surface area contributed by atoms with Crippen molar-refractivity contribution < 1.29 is 4.79 Å². The number of carbonyl (C=O) groups excluding carboxylic acids is 1. The number of aromatic nitrogens is 3. The number of amides is 1. The second-order valence-electron chi connectivity index (χ2n) is 8.03. The number of hydrogen-bond acceptors (Lipinski definition) is 3. The van der Waals surface area contributed by atoms with Gasteiger partial charge in [0.25, 0.3) is 0 Å². The molecule has 2 heterocycles. The highest BCUT2D eigenvalue weighted by Gasteiger charge is 2.33. The lowest BCUT2D eigenvalue weighted by Gasteiger charge is -2.37. The first-order valence-electron chi connectivity index (χ1n) is 9.00. The van der Waals surface area contributed by atoms with Crippen LogP contribution in [0.1, 0.15) is 59.6 Å². The molecule has 0 bridgehead atoms. The van der Waals surface area contributed by atoms with E-state index in [1.165, 1.54) is 0 Å². The van der Waals surface area contributed by atoms with Gasteiger partial charge >= 0.3 is 0 Å². The third-order valence-electron chi connectivity index (χ3n) is 4.92. The summed E-state index contributed by atoms with van der Waals surface area (Å²) in [7, 11) is 0. The van der Waals surface area contributed by atoms with Crippen LogP contribution in [-0.4, -0.2) is 38.9 Å². The molecule has 1 amide bonds. The lowest BCUT2D eigenvalue weighted by molar-refractivity contribution is -0.142. The van der Waals surface area contributed by atoms with Gasteiger partial charge in [0.2, 0.25) is 5.91 Å². The SMILES string of the molecule is CCC(C)(C)C(=O)N1CCC[C@@H](Cn2cc(CC(C)C)nn2)C1. The molecule has 0 saturated carbocycles. The van der Waals surface area contributed by atoms with Gasteiger partial charge < -0.3 is 4.90 Å². The van der Waals surface area contributed by atoms with E-state index in [1.807, 2.05) is 4.68 Å². The Morgan fingerprint density at radius 3 is 2.83 bits per heavy atom. The average molecular weight is 320 g/mol. The van der Waals surface area contributed by atoms with E-state index in [2.05, 4.69) is 56.0 Å². The molecule has 0 N–H and O–H groups in total. The van der Waals surface area contributed by atoms with Gasteiger partial charge in [-0.25, -0.2) is 0 Å². The van der Waals surface area contributed by atoms with E-state index in [9.17, 15) is 4.79 Å². The quantitative estimate of drug-likeness (QED) is 0.809. The molecule has 1 aromatic rings. The maximum atomic E-state index is 12.7. The number of nitrogens with zero attached hydrogens (tertiary/aromatic N) is 4. The van der Waals surface area contributed by atoms with E-state index in [0.717, 1.165) is 51.0 Å². The van der Waals surface area contributed by atoms with Crippen LogP contribution in [0.5, 0.6) is 0 Å². The molecule has 5 heteroatoms. The van der Waals surface area contributed by atoms with Crippen molar-refractivity contribution >= 4 is 5.91 Å². The van der Waals surface area contributed by atoms with Gasteiger partial charge in [0.1, 0.15) is 0 Å². The van der Waals surface area contributed by atoms with Crippen LogP contribution in [0.3, 0.4) is 0 Å². The summed E-state index contributed by atoms with van der Waals surface area (Å²) < 4.78 is 1.96. The molecule has 2 rings (SSSR count). The molecule has 0 spiro atoms. The Kier molecular flexibility index (Phi) is 5.82. The van der Waals surface area contributed by atoms with Crippen molar-refractivity contribution in [2.75, 3.05) is 13.1 Å². The maximum absolute atomic E-state index is 12.7. The van der Waals surface area contributed by atoms with E-state index in [0.29, 0.717) is 17.7 Å². The van der Waals surface area contributed by atoms with Crippen molar-refractivity contribution in [3.05, 3.63) is 11.9 Å². The summed E-state index contributed by atoms with van der Waals surface area (Å²) in [5.74, 6) is 1.37. The Hall–Kier alpha value is -1.39. The standard InChI is InChI=1S/C18H32N4O/c1-6-18(4,5)17(23)21-9-7-8-15(11-21)12-22-13-16(19-20-22)10-14(2)3/h13-15H,6-12H2,1-5H3/t15-/m1/s1. The summed E-state index contributed by atoms with van der Waals surface area (Å²) >= 11 is 0. The third kappa shape index (κ3) is 4.79. The molecule has 1 aliphatic heterocycles. The fourth-order valence-corrected chi connectivity index (χ4v) is 3.18. The van der Waals surface area contributed by atoms with Crippen LogP contribution in [-0.2, 0) is 17.8 Å². The van der Waals surface area contributed by atoms with Gasteiger partial charge in [-0.3, -0.25) is 9.48 Å². The van der Waals surface area contributed by atoms with E-state index >= 15 is 0 Å². The Morgan fingerprint density at radius 2 is 2.17 bits per heavy atom. The summed E-state index contributed by atoms with van der Waals surface area (Å²) in [6.07, 6.45) is 6.17. The first-order chi connectivity index (χ1) is 10.8. The first kappa shape index (κ1) is 18.0. The molecule has 130 valence electrons. The maximum Gasteiger partial charge on any atom is 0.228 e. The van der Waals surface area contributed by atoms with Gasteiger partial charge in [-0.1, -0.05) is 39.8 Å². The fraction of sp³-hybridized carbons (Fsp3) is 0.833. The molecule has 0 aliphatic carbocycles. The zero-order chi connectivity index (χ0) is 17.0. The Bertz CT molecular complexity index is 521. The second-order valence-corrected chi connectivity index (χ2v) is 8.03. The number of carbonyl (C=O) groups is 1.